The van der Waals surface area contributed by atoms with Crippen molar-refractivity contribution in [3.63, 3.8) is 0 Å². The summed E-state index contributed by atoms with van der Waals surface area (Å²) in [4.78, 5) is 46.7. The molecule has 3 aliphatic heterocycles. The lowest BCUT2D eigenvalue weighted by Gasteiger charge is -2.38. The van der Waals surface area contributed by atoms with E-state index in [1.165, 1.54) is 0 Å². The molecule has 13 heteroatoms. The molecule has 0 unspecified atom stereocenters. The van der Waals surface area contributed by atoms with Crippen LogP contribution in [0.3, 0.4) is 0 Å². The number of likely N-dealkylation sites (tertiary alicyclic amines) is 1. The van der Waals surface area contributed by atoms with E-state index in [9.17, 15) is 22.8 Å². The summed E-state index contributed by atoms with van der Waals surface area (Å²) in [6.07, 6.45) is -1.66. The monoisotopic (exact) mass is 554 g/mol. The lowest BCUT2D eigenvalue weighted by molar-refractivity contribution is -0.192. The summed E-state index contributed by atoms with van der Waals surface area (Å²) in [6, 6.07) is 7.79. The number of rotatable bonds is 3. The number of carboxylic acids is 1. The number of pyridine rings is 1. The molecule has 0 radical (unpaired) electrons. The molecule has 2 aromatic heterocycles. The SMILES string of the molecule is O=C(O)C(F)(F)F.O=C(c1ccsc1)N1CCC[C@]2(C(=O)N3CCOCC3)CN(c3ccccn3)C[C@@H]2C1. The number of ether oxygens (including phenoxy) is 1. The minimum absolute atomic E-state index is 0.0761. The predicted octanol–water partition coefficient (Wildman–Crippen LogP) is 2.99. The fourth-order valence-corrected chi connectivity index (χ4v) is 5.96. The van der Waals surface area contributed by atoms with Crippen LogP contribution in [0, 0.1) is 11.3 Å². The molecule has 1 N–H and O–H groups in total. The normalized spacial score (nSPS) is 23.7. The number of alkyl halides is 3. The Balaban J connectivity index is 0.000000426. The molecular weight excluding hydrogens is 525 g/mol. The zero-order valence-corrected chi connectivity index (χ0v) is 21.4. The molecule has 206 valence electrons. The van der Waals surface area contributed by atoms with E-state index < -0.39 is 17.6 Å². The summed E-state index contributed by atoms with van der Waals surface area (Å²) < 4.78 is 37.2. The van der Waals surface area contributed by atoms with Gasteiger partial charge >= 0.3 is 12.1 Å². The van der Waals surface area contributed by atoms with Crippen LogP contribution in [0.15, 0.2) is 41.2 Å². The van der Waals surface area contributed by atoms with Gasteiger partial charge in [-0.25, -0.2) is 9.78 Å². The molecule has 0 saturated carbocycles. The number of amides is 2. The van der Waals surface area contributed by atoms with Crippen LogP contribution < -0.4 is 4.90 Å². The largest absolute Gasteiger partial charge is 0.490 e. The quantitative estimate of drug-likeness (QED) is 0.622. The molecule has 2 amide bonds. The smallest absolute Gasteiger partial charge is 0.475 e. The van der Waals surface area contributed by atoms with Gasteiger partial charge in [0.1, 0.15) is 5.82 Å². The number of halogens is 3. The third-order valence-corrected chi connectivity index (χ3v) is 7.87. The molecule has 3 fully saturated rings. The fraction of sp³-hybridized carbons (Fsp3) is 0.520. The number of carbonyl (C=O) groups excluding carboxylic acids is 2. The van der Waals surface area contributed by atoms with Gasteiger partial charge in [0.05, 0.1) is 24.2 Å². The van der Waals surface area contributed by atoms with Crippen molar-refractivity contribution < 1.29 is 37.4 Å². The first-order chi connectivity index (χ1) is 18.1. The van der Waals surface area contributed by atoms with Gasteiger partial charge in [-0.05, 0) is 36.4 Å². The van der Waals surface area contributed by atoms with Gasteiger partial charge in [0.25, 0.3) is 5.91 Å². The number of nitrogens with zero attached hydrogens (tertiary/aromatic N) is 4. The average Bonchev–Trinajstić information content (AvgIpc) is 3.54. The minimum Gasteiger partial charge on any atom is -0.475 e. The zero-order chi connectivity index (χ0) is 27.3. The maximum Gasteiger partial charge on any atom is 0.490 e. The summed E-state index contributed by atoms with van der Waals surface area (Å²) >= 11 is 1.54. The van der Waals surface area contributed by atoms with Crippen molar-refractivity contribution in [2.24, 2.45) is 11.3 Å². The molecular formula is C25H29F3N4O5S. The number of anilines is 1. The van der Waals surface area contributed by atoms with Gasteiger partial charge in [-0.3, -0.25) is 9.59 Å². The van der Waals surface area contributed by atoms with Crippen molar-refractivity contribution in [3.8, 4) is 0 Å². The van der Waals surface area contributed by atoms with Crippen LogP contribution in [0.2, 0.25) is 0 Å². The van der Waals surface area contributed by atoms with Gasteiger partial charge in [0.15, 0.2) is 0 Å². The number of carboxylic acid groups (broad SMARTS) is 1. The molecule has 3 saturated heterocycles. The molecule has 0 spiro atoms. The second-order valence-corrected chi connectivity index (χ2v) is 10.3. The Morgan fingerprint density at radius 2 is 1.82 bits per heavy atom. The number of hydrogen-bond acceptors (Lipinski definition) is 7. The Morgan fingerprint density at radius 1 is 1.08 bits per heavy atom. The highest BCUT2D eigenvalue weighted by Crippen LogP contribution is 2.45. The highest BCUT2D eigenvalue weighted by molar-refractivity contribution is 7.08. The Hall–Kier alpha value is -3.19. The first-order valence-electron chi connectivity index (χ1n) is 12.3. The molecule has 0 aliphatic carbocycles. The van der Waals surface area contributed by atoms with Crippen LogP contribution >= 0.6 is 11.3 Å². The van der Waals surface area contributed by atoms with E-state index in [-0.39, 0.29) is 17.7 Å². The van der Waals surface area contributed by atoms with E-state index in [0.717, 1.165) is 30.8 Å². The van der Waals surface area contributed by atoms with Gasteiger partial charge in [0, 0.05) is 56.8 Å². The maximum absolute atomic E-state index is 13.9. The van der Waals surface area contributed by atoms with Gasteiger partial charge in [-0.1, -0.05) is 6.07 Å². The van der Waals surface area contributed by atoms with E-state index in [1.807, 2.05) is 44.8 Å². The highest BCUT2D eigenvalue weighted by atomic mass is 32.1. The van der Waals surface area contributed by atoms with E-state index in [2.05, 4.69) is 9.88 Å². The molecule has 38 heavy (non-hydrogen) atoms. The second-order valence-electron chi connectivity index (χ2n) is 9.50. The summed E-state index contributed by atoms with van der Waals surface area (Å²) in [7, 11) is 0. The van der Waals surface area contributed by atoms with Crippen molar-refractivity contribution in [2.75, 3.05) is 57.4 Å². The molecule has 3 aliphatic rings. The second kappa shape index (κ2) is 11.7. The molecule has 5 rings (SSSR count). The van der Waals surface area contributed by atoms with Crippen molar-refractivity contribution >= 4 is 34.9 Å². The molecule has 0 aromatic carbocycles. The third kappa shape index (κ3) is 6.09. The van der Waals surface area contributed by atoms with Crippen LogP contribution in [-0.2, 0) is 14.3 Å². The molecule has 5 heterocycles. The predicted molar refractivity (Wildman–Crippen MR) is 133 cm³/mol. The number of fused-ring (bicyclic) bond motifs is 1. The van der Waals surface area contributed by atoms with E-state index >= 15 is 0 Å². The fourth-order valence-electron chi connectivity index (χ4n) is 5.33. The highest BCUT2D eigenvalue weighted by Gasteiger charge is 2.55. The molecule has 2 atom stereocenters. The summed E-state index contributed by atoms with van der Waals surface area (Å²) in [5, 5.41) is 11.0. The van der Waals surface area contributed by atoms with Crippen LogP contribution in [0.1, 0.15) is 23.2 Å². The first-order valence-corrected chi connectivity index (χ1v) is 13.2. The van der Waals surface area contributed by atoms with E-state index in [4.69, 9.17) is 14.6 Å². The Labute approximate surface area is 221 Å². The van der Waals surface area contributed by atoms with E-state index in [1.54, 1.807) is 17.5 Å². The number of carbonyl (C=O) groups is 3. The standard InChI is InChI=1S/C23H28N4O3S.C2HF3O2/c28-21(18-5-13-31-16-18)26-8-3-6-23(22(29)25-9-11-30-12-10-25)17-27(15-19(23)14-26)20-4-1-2-7-24-20;3-2(4,5)1(6)7/h1-2,4-5,7,13,16,19H,3,6,8-12,14-15,17H2;(H,6,7)/t19-,23-;/m0./s1. The molecule has 2 aromatic rings. The van der Waals surface area contributed by atoms with Crippen molar-refractivity contribution in [3.05, 3.63) is 46.8 Å². The topological polar surface area (TPSA) is 103 Å². The van der Waals surface area contributed by atoms with Crippen molar-refractivity contribution in [1.82, 2.24) is 14.8 Å². The Bertz CT molecular complexity index is 1110. The van der Waals surface area contributed by atoms with Gasteiger partial charge < -0.3 is 24.5 Å². The van der Waals surface area contributed by atoms with Gasteiger partial charge in [0.2, 0.25) is 5.91 Å². The number of aliphatic carboxylic acids is 1. The van der Waals surface area contributed by atoms with Crippen LogP contribution in [0.4, 0.5) is 19.0 Å². The number of thiophene rings is 1. The van der Waals surface area contributed by atoms with Crippen LogP contribution in [-0.4, -0.2) is 96.3 Å². The number of aromatic nitrogens is 1. The van der Waals surface area contributed by atoms with Crippen LogP contribution in [0.5, 0.6) is 0 Å². The summed E-state index contributed by atoms with van der Waals surface area (Å²) in [5.74, 6) is -1.47. The van der Waals surface area contributed by atoms with Crippen molar-refractivity contribution in [2.45, 2.75) is 19.0 Å². The van der Waals surface area contributed by atoms with Gasteiger partial charge in [-0.15, -0.1) is 0 Å². The zero-order valence-electron chi connectivity index (χ0n) is 20.6. The maximum atomic E-state index is 13.9. The lowest BCUT2D eigenvalue weighted by atomic mass is 9.73. The third-order valence-electron chi connectivity index (χ3n) is 7.18. The first kappa shape index (κ1) is 27.8. The Kier molecular flexibility index (Phi) is 8.56. The van der Waals surface area contributed by atoms with Crippen molar-refractivity contribution in [1.29, 1.82) is 0 Å². The minimum atomic E-state index is -5.08. The van der Waals surface area contributed by atoms with E-state index in [0.29, 0.717) is 45.9 Å². The lowest BCUT2D eigenvalue weighted by Crippen LogP contribution is -2.53. The molecule has 0 bridgehead atoms. The molecule has 9 nitrogen and oxygen atoms in total. The number of morpholine rings is 1. The van der Waals surface area contributed by atoms with Crippen LogP contribution in [0.25, 0.3) is 0 Å². The summed E-state index contributed by atoms with van der Waals surface area (Å²) in [6.45, 7) is 5.19. The Morgan fingerprint density at radius 3 is 2.42 bits per heavy atom. The average molecular weight is 555 g/mol. The van der Waals surface area contributed by atoms with Gasteiger partial charge in [-0.2, -0.15) is 24.5 Å². The number of hydrogen-bond donors (Lipinski definition) is 1. The summed E-state index contributed by atoms with van der Waals surface area (Å²) in [5.41, 5.74) is 0.259.